The van der Waals surface area contributed by atoms with Gasteiger partial charge in [0.25, 0.3) is 0 Å². The van der Waals surface area contributed by atoms with Crippen molar-refractivity contribution in [2.75, 3.05) is 11.9 Å². The lowest BCUT2D eigenvalue weighted by Gasteiger charge is -1.99. The van der Waals surface area contributed by atoms with Crippen LogP contribution in [0.15, 0.2) is 10.5 Å². The van der Waals surface area contributed by atoms with Crippen molar-refractivity contribution in [3.63, 3.8) is 0 Å². The van der Waals surface area contributed by atoms with E-state index >= 15 is 0 Å². The lowest BCUT2D eigenvalue weighted by molar-refractivity contribution is -0.129. The van der Waals surface area contributed by atoms with Gasteiger partial charge in [0.1, 0.15) is 12.3 Å². The third kappa shape index (κ3) is 4.13. The number of amides is 1. The third-order valence-corrected chi connectivity index (χ3v) is 2.65. The van der Waals surface area contributed by atoms with Crippen molar-refractivity contribution in [1.29, 1.82) is 0 Å². The number of carboxylic acid groups (broad SMARTS) is 1. The second kappa shape index (κ2) is 7.38. The molecule has 1 heterocycles. The van der Waals surface area contributed by atoms with Crippen molar-refractivity contribution in [3.8, 4) is 0 Å². The fourth-order valence-corrected chi connectivity index (χ4v) is 1.67. The van der Waals surface area contributed by atoms with Crippen molar-refractivity contribution in [2.24, 2.45) is 5.16 Å². The predicted molar refractivity (Wildman–Crippen MR) is 66.8 cm³/mol. The third-order valence-electron chi connectivity index (χ3n) is 1.88. The summed E-state index contributed by atoms with van der Waals surface area (Å²) in [6, 6.07) is 0. The molecular formula is C10H13N3O4S. The summed E-state index contributed by atoms with van der Waals surface area (Å²) in [5.74, 6) is -1.23. The van der Waals surface area contributed by atoms with E-state index in [4.69, 9.17) is 9.94 Å². The molecule has 1 aromatic heterocycles. The van der Waals surface area contributed by atoms with Gasteiger partial charge in [0.15, 0.2) is 5.13 Å². The van der Waals surface area contributed by atoms with Crippen LogP contribution in [0.25, 0.3) is 0 Å². The molecule has 18 heavy (non-hydrogen) atoms. The zero-order chi connectivity index (χ0) is 13.4. The number of aromatic nitrogens is 1. The molecule has 0 saturated heterocycles. The van der Waals surface area contributed by atoms with Crippen molar-refractivity contribution in [1.82, 2.24) is 4.98 Å². The molecule has 0 aromatic carbocycles. The zero-order valence-electron chi connectivity index (χ0n) is 9.75. The van der Waals surface area contributed by atoms with Crippen LogP contribution in [-0.2, 0) is 14.4 Å². The summed E-state index contributed by atoms with van der Waals surface area (Å²) in [5, 5.41) is 16.7. The molecule has 2 N–H and O–H groups in total. The molecule has 0 bridgehead atoms. The molecule has 0 aliphatic carbocycles. The molecule has 1 rings (SSSR count). The fraction of sp³-hybridized carbons (Fsp3) is 0.400. The first-order valence-electron chi connectivity index (χ1n) is 5.28. The zero-order valence-corrected chi connectivity index (χ0v) is 10.6. The highest BCUT2D eigenvalue weighted by molar-refractivity contribution is 7.14. The summed E-state index contributed by atoms with van der Waals surface area (Å²) in [5.41, 5.74) is -0.116. The van der Waals surface area contributed by atoms with Crippen LogP contribution in [0.2, 0.25) is 0 Å². The highest BCUT2D eigenvalue weighted by Gasteiger charge is 2.17. The molecule has 0 atom stereocenters. The Balaban J connectivity index is 2.76. The van der Waals surface area contributed by atoms with E-state index in [1.807, 2.05) is 6.92 Å². The maximum Gasteiger partial charge on any atom is 0.360 e. The molecule has 98 valence electrons. The van der Waals surface area contributed by atoms with E-state index in [1.54, 1.807) is 0 Å². The van der Waals surface area contributed by atoms with E-state index < -0.39 is 5.97 Å². The van der Waals surface area contributed by atoms with Crippen molar-refractivity contribution < 1.29 is 19.5 Å². The van der Waals surface area contributed by atoms with E-state index in [0.29, 0.717) is 18.1 Å². The molecule has 0 aliphatic heterocycles. The maximum atomic E-state index is 11.0. The molecular weight excluding hydrogens is 258 g/mol. The quantitative estimate of drug-likeness (QED) is 0.321. The minimum Gasteiger partial charge on any atom is -0.476 e. The first kappa shape index (κ1) is 14.1. The summed E-state index contributed by atoms with van der Waals surface area (Å²) < 4.78 is 0. The summed E-state index contributed by atoms with van der Waals surface area (Å²) >= 11 is 1.11. The second-order valence-corrected chi connectivity index (χ2v) is 4.09. The summed E-state index contributed by atoms with van der Waals surface area (Å²) in [6.45, 7) is 2.35. The van der Waals surface area contributed by atoms with Crippen molar-refractivity contribution >= 4 is 34.6 Å². The van der Waals surface area contributed by atoms with Gasteiger partial charge in [-0.2, -0.15) is 0 Å². The summed E-state index contributed by atoms with van der Waals surface area (Å²) in [6.07, 6.45) is 2.20. The van der Waals surface area contributed by atoms with E-state index in [-0.39, 0.29) is 11.4 Å². The van der Waals surface area contributed by atoms with Crippen LogP contribution in [0.4, 0.5) is 5.13 Å². The molecule has 0 unspecified atom stereocenters. The van der Waals surface area contributed by atoms with Crippen molar-refractivity contribution in [2.45, 2.75) is 19.8 Å². The Bertz CT molecular complexity index is 444. The van der Waals surface area contributed by atoms with Crippen LogP contribution >= 0.6 is 11.3 Å². The van der Waals surface area contributed by atoms with Crippen LogP contribution in [0.3, 0.4) is 0 Å². The van der Waals surface area contributed by atoms with Crippen LogP contribution in [0.1, 0.15) is 25.5 Å². The molecule has 8 heteroatoms. The van der Waals surface area contributed by atoms with Gasteiger partial charge in [-0.15, -0.1) is 11.3 Å². The molecule has 0 fully saturated rings. The predicted octanol–water partition coefficient (Wildman–Crippen LogP) is 1.32. The second-order valence-electron chi connectivity index (χ2n) is 3.23. The summed E-state index contributed by atoms with van der Waals surface area (Å²) in [4.78, 5) is 30.0. The number of rotatable bonds is 8. The van der Waals surface area contributed by atoms with Crippen LogP contribution in [0, 0.1) is 0 Å². The van der Waals surface area contributed by atoms with Gasteiger partial charge in [-0.05, 0) is 6.42 Å². The first-order valence-corrected chi connectivity index (χ1v) is 6.16. The minimum absolute atomic E-state index is 0.161. The van der Waals surface area contributed by atoms with Crippen molar-refractivity contribution in [3.05, 3.63) is 11.1 Å². The first-order chi connectivity index (χ1) is 8.69. The standard InChI is InChI=1S/C10H13N3O4S/c1-2-3-4-17-13-8(9(15)16)7-5-18-10(12-7)11-6-14/h5-6H,2-4H2,1H3,(H,15,16)(H,11,12,14)/b13-8+. The molecule has 1 amide bonds. The Morgan fingerprint density at radius 2 is 2.50 bits per heavy atom. The number of thiazole rings is 1. The molecule has 0 radical (unpaired) electrons. The fourth-order valence-electron chi connectivity index (χ4n) is 1.01. The number of hydrogen-bond acceptors (Lipinski definition) is 6. The Morgan fingerprint density at radius 3 is 3.11 bits per heavy atom. The Labute approximate surface area is 107 Å². The van der Waals surface area contributed by atoms with Gasteiger partial charge in [0, 0.05) is 5.38 Å². The molecule has 0 saturated carbocycles. The highest BCUT2D eigenvalue weighted by Crippen LogP contribution is 2.15. The number of nitrogens with one attached hydrogen (secondary N) is 1. The largest absolute Gasteiger partial charge is 0.476 e. The average Bonchev–Trinajstić information content (AvgIpc) is 2.77. The number of carbonyl (C=O) groups is 2. The molecule has 1 aromatic rings. The normalized spacial score (nSPS) is 11.1. The molecule has 0 spiro atoms. The van der Waals surface area contributed by atoms with Gasteiger partial charge in [0.2, 0.25) is 12.1 Å². The highest BCUT2D eigenvalue weighted by atomic mass is 32.1. The van der Waals surface area contributed by atoms with Gasteiger partial charge >= 0.3 is 5.97 Å². The van der Waals surface area contributed by atoms with E-state index in [1.165, 1.54) is 5.38 Å². The van der Waals surface area contributed by atoms with Crippen LogP contribution in [-0.4, -0.2) is 34.8 Å². The number of carbonyl (C=O) groups excluding carboxylic acids is 1. The summed E-state index contributed by atoms with van der Waals surface area (Å²) in [7, 11) is 0. The number of carboxylic acids is 1. The lowest BCUT2D eigenvalue weighted by Crippen LogP contribution is -2.15. The monoisotopic (exact) mass is 271 g/mol. The molecule has 0 aliphatic rings. The van der Waals surface area contributed by atoms with E-state index in [9.17, 15) is 9.59 Å². The van der Waals surface area contributed by atoms with Gasteiger partial charge in [-0.1, -0.05) is 18.5 Å². The molecule has 7 nitrogen and oxygen atoms in total. The van der Waals surface area contributed by atoms with Gasteiger partial charge in [-0.25, -0.2) is 9.78 Å². The van der Waals surface area contributed by atoms with Gasteiger partial charge in [-0.3, -0.25) is 4.79 Å². The van der Waals surface area contributed by atoms with E-state index in [2.05, 4.69) is 15.5 Å². The number of aliphatic carboxylic acids is 1. The number of hydrogen-bond donors (Lipinski definition) is 2. The Kier molecular flexibility index (Phi) is 5.78. The minimum atomic E-state index is -1.23. The Hall–Kier alpha value is -1.96. The average molecular weight is 271 g/mol. The topological polar surface area (TPSA) is 101 Å². The SMILES string of the molecule is CCCCO/N=C(/C(=O)O)c1csc(NC=O)n1. The number of unbranched alkanes of at least 4 members (excludes halogenated alkanes) is 1. The Morgan fingerprint density at radius 1 is 1.72 bits per heavy atom. The smallest absolute Gasteiger partial charge is 0.360 e. The maximum absolute atomic E-state index is 11.0. The number of anilines is 1. The number of nitrogens with zero attached hydrogens (tertiary/aromatic N) is 2. The van der Waals surface area contributed by atoms with Gasteiger partial charge in [0.05, 0.1) is 0 Å². The van der Waals surface area contributed by atoms with Crippen LogP contribution < -0.4 is 5.32 Å². The lowest BCUT2D eigenvalue weighted by atomic mass is 10.3. The number of oxime groups is 1. The van der Waals surface area contributed by atoms with E-state index in [0.717, 1.165) is 24.2 Å². The van der Waals surface area contributed by atoms with Crippen LogP contribution in [0.5, 0.6) is 0 Å². The van der Waals surface area contributed by atoms with Gasteiger partial charge < -0.3 is 15.3 Å².